The number of hydrogen-bond donors (Lipinski definition) is 2. The lowest BCUT2D eigenvalue weighted by Crippen LogP contribution is -2.63. The molecule has 0 radical (unpaired) electrons. The van der Waals surface area contributed by atoms with Crippen molar-refractivity contribution in [2.45, 2.75) is 31.5 Å². The van der Waals surface area contributed by atoms with Crippen molar-refractivity contribution < 1.29 is 28.8 Å². The van der Waals surface area contributed by atoms with Gasteiger partial charge in [-0.3, -0.25) is 4.79 Å². The van der Waals surface area contributed by atoms with Crippen LogP contribution in [0.25, 0.3) is 0 Å². The van der Waals surface area contributed by atoms with E-state index in [1.54, 1.807) is 23.1 Å². The molecule has 0 unspecified atom stereocenters. The second-order valence-electron chi connectivity index (χ2n) is 7.32. The second-order valence-corrected chi connectivity index (χ2v) is 7.32. The summed E-state index contributed by atoms with van der Waals surface area (Å²) in [6.45, 7) is 2.36. The van der Waals surface area contributed by atoms with Gasteiger partial charge in [-0.05, 0) is 25.0 Å². The Morgan fingerprint density at radius 3 is 2.81 bits per heavy atom. The van der Waals surface area contributed by atoms with Crippen LogP contribution in [0.1, 0.15) is 19.3 Å². The van der Waals surface area contributed by atoms with Gasteiger partial charge in [-0.25, -0.2) is 0 Å². The average Bonchev–Trinajstić information content (AvgIpc) is 3.17. The molecule has 0 bridgehead atoms. The van der Waals surface area contributed by atoms with Gasteiger partial charge in [0.1, 0.15) is 5.75 Å². The van der Waals surface area contributed by atoms with Crippen LogP contribution in [-0.2, 0) is 9.53 Å². The van der Waals surface area contributed by atoms with E-state index in [1.807, 2.05) is 0 Å². The summed E-state index contributed by atoms with van der Waals surface area (Å²) >= 11 is 0. The zero-order valence-electron chi connectivity index (χ0n) is 15.3. The number of nitrogens with two attached hydrogens (primary N) is 1. The molecule has 1 aliphatic carbocycles. The molecule has 1 amide bonds. The van der Waals surface area contributed by atoms with Crippen LogP contribution in [-0.4, -0.2) is 67.8 Å². The number of carbonyl (C=O) groups is 1. The molecule has 4 rings (SSSR count). The van der Waals surface area contributed by atoms with E-state index in [4.69, 9.17) is 24.7 Å². The molecule has 2 atom stereocenters. The third kappa shape index (κ3) is 3.44. The summed E-state index contributed by atoms with van der Waals surface area (Å²) in [4.78, 5) is 14.3. The van der Waals surface area contributed by atoms with Gasteiger partial charge in [-0.2, -0.15) is 0 Å². The van der Waals surface area contributed by atoms with Crippen molar-refractivity contribution in [1.82, 2.24) is 4.90 Å². The number of fused-ring (bicyclic) bond motifs is 1. The lowest BCUT2D eigenvalue weighted by atomic mass is 9.58. The van der Waals surface area contributed by atoms with Gasteiger partial charge in [0.2, 0.25) is 6.79 Å². The van der Waals surface area contributed by atoms with Crippen LogP contribution < -0.4 is 19.9 Å². The molecule has 1 saturated carbocycles. The van der Waals surface area contributed by atoms with Gasteiger partial charge in [-0.1, -0.05) is 0 Å². The lowest BCUT2D eigenvalue weighted by molar-refractivity contribution is -0.210. The normalized spacial score (nSPS) is 25.3. The molecule has 3 N–H and O–H groups in total. The number of aliphatic hydroxyl groups is 1. The predicted molar refractivity (Wildman–Crippen MR) is 95.7 cm³/mol. The average molecular weight is 378 g/mol. The maximum absolute atomic E-state index is 12.5. The summed E-state index contributed by atoms with van der Waals surface area (Å²) in [6.07, 6.45) is 1.81. The second kappa shape index (κ2) is 7.53. The van der Waals surface area contributed by atoms with Crippen LogP contribution >= 0.6 is 0 Å². The minimum absolute atomic E-state index is 0.0255. The number of rotatable bonds is 6. The van der Waals surface area contributed by atoms with Crippen molar-refractivity contribution in [1.29, 1.82) is 0 Å². The number of benzene rings is 1. The Labute approximate surface area is 158 Å². The van der Waals surface area contributed by atoms with Crippen LogP contribution in [0.3, 0.4) is 0 Å². The first-order valence-electron chi connectivity index (χ1n) is 9.42. The molecule has 2 fully saturated rings. The quantitative estimate of drug-likeness (QED) is 0.743. The van der Waals surface area contributed by atoms with Crippen LogP contribution in [0, 0.1) is 5.41 Å². The van der Waals surface area contributed by atoms with Gasteiger partial charge in [0.15, 0.2) is 18.1 Å². The van der Waals surface area contributed by atoms with Crippen molar-refractivity contribution in [3.8, 4) is 17.2 Å². The Hall–Kier alpha value is -2.03. The monoisotopic (exact) mass is 378 g/mol. The maximum atomic E-state index is 12.5. The van der Waals surface area contributed by atoms with Gasteiger partial charge in [-0.15, -0.1) is 0 Å². The summed E-state index contributed by atoms with van der Waals surface area (Å²) in [5, 5.41) is 10.3. The topological polar surface area (TPSA) is 103 Å². The van der Waals surface area contributed by atoms with Crippen molar-refractivity contribution >= 4 is 5.91 Å². The molecule has 8 heteroatoms. The molecule has 1 aromatic carbocycles. The molecule has 27 heavy (non-hydrogen) atoms. The van der Waals surface area contributed by atoms with E-state index in [2.05, 4.69) is 0 Å². The SMILES string of the molecule is NCCO[C@@H]1C[C@H](O)C12CCN(C(=O)COc1ccc3c(c1)OCO3)CC2. The fourth-order valence-electron chi connectivity index (χ4n) is 4.20. The Bertz CT molecular complexity index is 689. The molecule has 1 saturated heterocycles. The van der Waals surface area contributed by atoms with Crippen molar-refractivity contribution in [3.05, 3.63) is 18.2 Å². The Kier molecular flexibility index (Phi) is 5.12. The summed E-state index contributed by atoms with van der Waals surface area (Å²) in [5.41, 5.74) is 5.28. The highest BCUT2D eigenvalue weighted by Crippen LogP contribution is 2.50. The summed E-state index contributed by atoms with van der Waals surface area (Å²) in [7, 11) is 0. The minimum atomic E-state index is -0.359. The molecule has 2 heterocycles. The minimum Gasteiger partial charge on any atom is -0.484 e. The molecule has 148 valence electrons. The van der Waals surface area contributed by atoms with Crippen molar-refractivity contribution in [3.63, 3.8) is 0 Å². The number of likely N-dealkylation sites (tertiary alicyclic amines) is 1. The van der Waals surface area contributed by atoms with Crippen LogP contribution in [0.15, 0.2) is 18.2 Å². The van der Waals surface area contributed by atoms with Gasteiger partial charge >= 0.3 is 0 Å². The van der Waals surface area contributed by atoms with E-state index in [9.17, 15) is 9.90 Å². The number of piperidine rings is 1. The fourth-order valence-corrected chi connectivity index (χ4v) is 4.20. The van der Waals surface area contributed by atoms with E-state index in [1.165, 1.54) is 0 Å². The number of hydrogen-bond acceptors (Lipinski definition) is 7. The molecule has 1 spiro atoms. The molecular weight excluding hydrogens is 352 g/mol. The number of aliphatic hydroxyl groups excluding tert-OH is 1. The van der Waals surface area contributed by atoms with Crippen molar-refractivity contribution in [2.75, 3.05) is 39.6 Å². The third-order valence-corrected chi connectivity index (χ3v) is 5.93. The number of carbonyl (C=O) groups excluding carboxylic acids is 1. The maximum Gasteiger partial charge on any atom is 0.260 e. The first kappa shape index (κ1) is 18.3. The number of amides is 1. The molecular formula is C19H26N2O6. The molecule has 8 nitrogen and oxygen atoms in total. The molecule has 3 aliphatic rings. The Balaban J connectivity index is 1.27. The largest absolute Gasteiger partial charge is 0.484 e. The lowest BCUT2D eigenvalue weighted by Gasteiger charge is -2.56. The first-order valence-corrected chi connectivity index (χ1v) is 9.42. The zero-order valence-corrected chi connectivity index (χ0v) is 15.3. The van der Waals surface area contributed by atoms with Crippen molar-refractivity contribution in [2.24, 2.45) is 11.1 Å². The van der Waals surface area contributed by atoms with Gasteiger partial charge in [0, 0.05) is 37.5 Å². The van der Waals surface area contributed by atoms with Gasteiger partial charge in [0.05, 0.1) is 18.8 Å². The smallest absolute Gasteiger partial charge is 0.260 e. The zero-order chi connectivity index (χ0) is 18.9. The fraction of sp³-hybridized carbons (Fsp3) is 0.632. The summed E-state index contributed by atoms with van der Waals surface area (Å²) in [5.74, 6) is 1.82. The van der Waals surface area contributed by atoms with E-state index >= 15 is 0 Å². The summed E-state index contributed by atoms with van der Waals surface area (Å²) < 4.78 is 22.0. The molecule has 2 aliphatic heterocycles. The standard InChI is InChI=1S/C19H26N2O6/c20-5-8-24-17-10-16(22)19(17)3-6-21(7-4-19)18(23)11-25-13-1-2-14-15(9-13)27-12-26-14/h1-2,9,16-17,22H,3-8,10-12,20H2/t16-,17+/m0/s1. The van der Waals surface area contributed by atoms with E-state index in [-0.39, 0.29) is 36.9 Å². The predicted octanol–water partition coefficient (Wildman–Crippen LogP) is 0.511. The highest BCUT2D eigenvalue weighted by Gasteiger charge is 2.56. The van der Waals surface area contributed by atoms with Crippen LogP contribution in [0.5, 0.6) is 17.2 Å². The Morgan fingerprint density at radius 2 is 2.07 bits per heavy atom. The van der Waals surface area contributed by atoms with E-state index in [0.29, 0.717) is 49.9 Å². The molecule has 1 aromatic rings. The first-order chi connectivity index (χ1) is 13.1. The summed E-state index contributed by atoms with van der Waals surface area (Å²) in [6, 6.07) is 5.26. The number of nitrogens with zero attached hydrogens (tertiary/aromatic N) is 1. The highest BCUT2D eigenvalue weighted by atomic mass is 16.7. The molecule has 0 aromatic heterocycles. The number of ether oxygens (including phenoxy) is 4. The van der Waals surface area contributed by atoms with E-state index in [0.717, 1.165) is 12.8 Å². The van der Waals surface area contributed by atoms with E-state index < -0.39 is 0 Å². The third-order valence-electron chi connectivity index (χ3n) is 5.93. The van der Waals surface area contributed by atoms with Gasteiger partial charge < -0.3 is 34.7 Å². The van der Waals surface area contributed by atoms with Gasteiger partial charge in [0.25, 0.3) is 5.91 Å². The van der Waals surface area contributed by atoms with Crippen LogP contribution in [0.2, 0.25) is 0 Å². The highest BCUT2D eigenvalue weighted by molar-refractivity contribution is 5.78. The Morgan fingerprint density at radius 1 is 1.30 bits per heavy atom. The van der Waals surface area contributed by atoms with Crippen LogP contribution in [0.4, 0.5) is 0 Å².